The van der Waals surface area contributed by atoms with Crippen LogP contribution in [0.15, 0.2) is 10.3 Å². The molecular formula is C14H26N2O3S2. The van der Waals surface area contributed by atoms with Crippen LogP contribution in [0.5, 0.6) is 0 Å². The van der Waals surface area contributed by atoms with E-state index in [0.29, 0.717) is 17.4 Å². The van der Waals surface area contributed by atoms with Gasteiger partial charge in [0.25, 0.3) is 0 Å². The van der Waals surface area contributed by atoms with Gasteiger partial charge in [0.05, 0.1) is 6.61 Å². The first-order valence-corrected chi connectivity index (χ1v) is 9.55. The molecule has 0 amide bonds. The summed E-state index contributed by atoms with van der Waals surface area (Å²) in [6.45, 7) is 7.97. The van der Waals surface area contributed by atoms with Gasteiger partial charge in [-0.15, -0.1) is 11.3 Å². The van der Waals surface area contributed by atoms with Crippen LogP contribution in [0.2, 0.25) is 0 Å². The summed E-state index contributed by atoms with van der Waals surface area (Å²) in [5.74, 6) is 0. The number of sulfonamides is 1. The van der Waals surface area contributed by atoms with Gasteiger partial charge in [0.2, 0.25) is 10.0 Å². The predicted octanol–water partition coefficient (Wildman–Crippen LogP) is 2.26. The van der Waals surface area contributed by atoms with Crippen molar-refractivity contribution in [3.63, 3.8) is 0 Å². The van der Waals surface area contributed by atoms with E-state index in [4.69, 9.17) is 4.74 Å². The number of thiophene rings is 1. The van der Waals surface area contributed by atoms with Crippen molar-refractivity contribution in [3.05, 3.63) is 16.5 Å². The van der Waals surface area contributed by atoms with E-state index in [-0.39, 0.29) is 6.04 Å². The second-order valence-corrected chi connectivity index (χ2v) is 8.09. The van der Waals surface area contributed by atoms with Gasteiger partial charge in [-0.25, -0.2) is 13.1 Å². The lowest BCUT2D eigenvalue weighted by Crippen LogP contribution is -2.37. The average Bonchev–Trinajstić information content (AvgIpc) is 2.79. The number of hydrogen-bond donors (Lipinski definition) is 2. The number of nitrogens with one attached hydrogen (secondary N) is 2. The Kier molecular flexibility index (Phi) is 7.83. The zero-order valence-electron chi connectivity index (χ0n) is 13.2. The molecule has 1 aromatic rings. The topological polar surface area (TPSA) is 67.4 Å². The summed E-state index contributed by atoms with van der Waals surface area (Å²) < 4.78 is 33.1. The van der Waals surface area contributed by atoms with Crippen molar-refractivity contribution in [2.75, 3.05) is 20.3 Å². The Balaban J connectivity index is 2.86. The van der Waals surface area contributed by atoms with Crippen LogP contribution in [0.4, 0.5) is 0 Å². The van der Waals surface area contributed by atoms with Gasteiger partial charge in [-0.3, -0.25) is 0 Å². The minimum Gasteiger partial charge on any atom is -0.383 e. The summed E-state index contributed by atoms with van der Waals surface area (Å²) in [5.41, 5.74) is 1.01. The third-order valence-corrected chi connectivity index (χ3v) is 6.36. The van der Waals surface area contributed by atoms with Crippen molar-refractivity contribution in [1.29, 1.82) is 0 Å². The van der Waals surface area contributed by atoms with E-state index in [1.807, 2.05) is 20.8 Å². The van der Waals surface area contributed by atoms with E-state index in [1.165, 1.54) is 11.3 Å². The lowest BCUT2D eigenvalue weighted by Gasteiger charge is -2.16. The molecule has 0 aliphatic heterocycles. The van der Waals surface area contributed by atoms with Gasteiger partial charge < -0.3 is 10.1 Å². The number of hydrogen-bond acceptors (Lipinski definition) is 5. The summed E-state index contributed by atoms with van der Waals surface area (Å²) in [6, 6.07) is 1.57. The van der Waals surface area contributed by atoms with Crippen LogP contribution in [0, 0.1) is 6.92 Å². The van der Waals surface area contributed by atoms with Gasteiger partial charge in [-0.05, 0) is 31.5 Å². The summed E-state index contributed by atoms with van der Waals surface area (Å²) >= 11 is 1.33. The highest BCUT2D eigenvalue weighted by Gasteiger charge is 2.22. The van der Waals surface area contributed by atoms with Crippen LogP contribution >= 0.6 is 11.3 Å². The number of aryl methyl sites for hydroxylation is 1. The molecule has 5 nitrogen and oxygen atoms in total. The number of rotatable bonds is 10. The second-order valence-electron chi connectivity index (χ2n) is 5.01. The van der Waals surface area contributed by atoms with Crippen molar-refractivity contribution in [1.82, 2.24) is 10.0 Å². The van der Waals surface area contributed by atoms with Crippen molar-refractivity contribution >= 4 is 21.4 Å². The van der Waals surface area contributed by atoms with Gasteiger partial charge in [0.1, 0.15) is 4.21 Å². The van der Waals surface area contributed by atoms with Crippen molar-refractivity contribution in [3.8, 4) is 0 Å². The highest BCUT2D eigenvalue weighted by atomic mass is 32.2. The van der Waals surface area contributed by atoms with Crippen molar-refractivity contribution in [2.45, 2.75) is 50.4 Å². The maximum Gasteiger partial charge on any atom is 0.250 e. The summed E-state index contributed by atoms with van der Waals surface area (Å²) in [6.07, 6.45) is 1.67. The van der Waals surface area contributed by atoms with E-state index >= 15 is 0 Å². The van der Waals surface area contributed by atoms with Gasteiger partial charge >= 0.3 is 0 Å². The Morgan fingerprint density at radius 1 is 1.38 bits per heavy atom. The molecule has 0 radical (unpaired) electrons. The average molecular weight is 335 g/mol. The van der Waals surface area contributed by atoms with Gasteiger partial charge in [-0.2, -0.15) is 0 Å². The molecule has 1 rings (SSSR count). The normalized spacial score (nSPS) is 13.5. The predicted molar refractivity (Wildman–Crippen MR) is 87.3 cm³/mol. The standard InChI is InChI=1S/C14H26N2O3S2/c1-5-7-12(10-19-4)16-21(17,18)14-8-11(3)13(20-14)9-15-6-2/h8,12,15-16H,5-7,9-10H2,1-4H3. The molecule has 1 unspecified atom stereocenters. The molecule has 0 spiro atoms. The highest BCUT2D eigenvalue weighted by Crippen LogP contribution is 2.26. The Bertz CT molecular complexity index is 520. The lowest BCUT2D eigenvalue weighted by molar-refractivity contribution is 0.171. The SMILES string of the molecule is CCCC(COC)NS(=O)(=O)c1cc(C)c(CNCC)s1. The molecule has 0 saturated carbocycles. The summed E-state index contributed by atoms with van der Waals surface area (Å²) in [5, 5.41) is 3.23. The molecular weight excluding hydrogens is 308 g/mol. The van der Waals surface area contributed by atoms with Crippen LogP contribution in [0.1, 0.15) is 37.1 Å². The summed E-state index contributed by atoms with van der Waals surface area (Å²) in [4.78, 5) is 1.07. The minimum absolute atomic E-state index is 0.176. The van der Waals surface area contributed by atoms with Gasteiger partial charge in [-0.1, -0.05) is 20.3 Å². The van der Waals surface area contributed by atoms with E-state index in [1.54, 1.807) is 13.2 Å². The molecule has 0 aromatic carbocycles. The molecule has 7 heteroatoms. The second kappa shape index (κ2) is 8.85. The Hall–Kier alpha value is -0.470. The molecule has 2 N–H and O–H groups in total. The van der Waals surface area contributed by atoms with Gasteiger partial charge in [0.15, 0.2) is 0 Å². The molecule has 122 valence electrons. The van der Waals surface area contributed by atoms with Crippen molar-refractivity contribution in [2.24, 2.45) is 0 Å². The number of ether oxygens (including phenoxy) is 1. The first-order valence-electron chi connectivity index (χ1n) is 7.25. The fourth-order valence-electron chi connectivity index (χ4n) is 2.04. The Morgan fingerprint density at radius 3 is 2.67 bits per heavy atom. The highest BCUT2D eigenvalue weighted by molar-refractivity contribution is 7.91. The monoisotopic (exact) mass is 334 g/mol. The first-order chi connectivity index (χ1) is 9.94. The molecule has 0 fully saturated rings. The molecule has 1 heterocycles. The zero-order chi connectivity index (χ0) is 15.9. The number of methoxy groups -OCH3 is 1. The van der Waals surface area contributed by atoms with Crippen LogP contribution in [0.3, 0.4) is 0 Å². The van der Waals surface area contributed by atoms with E-state index in [0.717, 1.165) is 29.8 Å². The molecule has 1 atom stereocenters. The molecule has 0 aliphatic carbocycles. The van der Waals surface area contributed by atoms with Crippen LogP contribution in [-0.4, -0.2) is 34.7 Å². The molecule has 21 heavy (non-hydrogen) atoms. The van der Waals surface area contributed by atoms with Crippen LogP contribution < -0.4 is 10.0 Å². The maximum absolute atomic E-state index is 12.5. The minimum atomic E-state index is -3.47. The lowest BCUT2D eigenvalue weighted by atomic mass is 10.2. The van der Waals surface area contributed by atoms with E-state index in [9.17, 15) is 8.42 Å². The van der Waals surface area contributed by atoms with Crippen molar-refractivity contribution < 1.29 is 13.2 Å². The zero-order valence-corrected chi connectivity index (χ0v) is 14.9. The van der Waals surface area contributed by atoms with Gasteiger partial charge in [0, 0.05) is 24.6 Å². The Morgan fingerprint density at radius 2 is 2.10 bits per heavy atom. The molecule has 0 aliphatic rings. The molecule has 0 bridgehead atoms. The van der Waals surface area contributed by atoms with E-state index in [2.05, 4.69) is 10.0 Å². The molecule has 1 aromatic heterocycles. The third kappa shape index (κ3) is 5.67. The fourth-order valence-corrected chi connectivity index (χ4v) is 4.87. The smallest absolute Gasteiger partial charge is 0.250 e. The fraction of sp³-hybridized carbons (Fsp3) is 0.714. The summed E-state index contributed by atoms with van der Waals surface area (Å²) in [7, 11) is -1.89. The third-order valence-electron chi connectivity index (χ3n) is 3.13. The van der Waals surface area contributed by atoms with E-state index < -0.39 is 10.0 Å². The maximum atomic E-state index is 12.5. The first kappa shape index (κ1) is 18.6. The molecule has 0 saturated heterocycles. The van der Waals surface area contributed by atoms with Crippen LogP contribution in [0.25, 0.3) is 0 Å². The largest absolute Gasteiger partial charge is 0.383 e. The Labute approximate surface area is 132 Å². The van der Waals surface area contributed by atoms with Crippen LogP contribution in [-0.2, 0) is 21.3 Å². The quantitative estimate of drug-likeness (QED) is 0.689.